The normalized spacial score (nSPS) is 49.2. The molecule has 2 fully saturated rings. The fraction of sp³-hybridized carbons (Fsp3) is 0.833. The van der Waals surface area contributed by atoms with E-state index >= 15 is 0 Å². The molecule has 0 radical (unpaired) electrons. The summed E-state index contributed by atoms with van der Waals surface area (Å²) in [7, 11) is 0. The maximum absolute atomic E-state index is 5.54. The first-order valence-corrected chi connectivity index (χ1v) is 5.38. The molecule has 1 saturated heterocycles. The lowest BCUT2D eigenvalue weighted by Crippen LogP contribution is -2.54. The Labute approximate surface area is 81.2 Å². The molecule has 0 amide bonds. The highest BCUT2D eigenvalue weighted by molar-refractivity contribution is 5.15. The van der Waals surface area contributed by atoms with Gasteiger partial charge in [-0.2, -0.15) is 0 Å². The standard InChI is InChI=1S/C12H20O/c1-4-10-11(3,5-2)8-12(10)6-7-13-9-12/h5,10H,2,4,6-9H2,1,3H3/t10-,11?,12?/m0/s1. The number of ether oxygens (including phenoxy) is 1. The maximum atomic E-state index is 5.54. The maximum Gasteiger partial charge on any atom is 0.0526 e. The van der Waals surface area contributed by atoms with Crippen LogP contribution in [0.4, 0.5) is 0 Å². The first-order chi connectivity index (χ1) is 6.17. The van der Waals surface area contributed by atoms with Crippen LogP contribution in [0.1, 0.15) is 33.1 Å². The van der Waals surface area contributed by atoms with E-state index in [0.717, 1.165) is 19.1 Å². The van der Waals surface area contributed by atoms with Gasteiger partial charge in [0, 0.05) is 12.0 Å². The Hall–Kier alpha value is -0.300. The summed E-state index contributed by atoms with van der Waals surface area (Å²) in [6, 6.07) is 0. The van der Waals surface area contributed by atoms with E-state index in [1.165, 1.54) is 19.3 Å². The average molecular weight is 180 g/mol. The molecule has 1 saturated carbocycles. The van der Waals surface area contributed by atoms with Crippen LogP contribution in [0.2, 0.25) is 0 Å². The highest BCUT2D eigenvalue weighted by Crippen LogP contribution is 2.64. The Morgan fingerprint density at radius 1 is 1.62 bits per heavy atom. The highest BCUT2D eigenvalue weighted by atomic mass is 16.5. The molecule has 74 valence electrons. The van der Waals surface area contributed by atoms with E-state index in [1.54, 1.807) is 0 Å². The number of rotatable bonds is 2. The van der Waals surface area contributed by atoms with E-state index in [-0.39, 0.29) is 0 Å². The largest absolute Gasteiger partial charge is 0.381 e. The topological polar surface area (TPSA) is 9.23 Å². The zero-order valence-corrected chi connectivity index (χ0v) is 8.81. The van der Waals surface area contributed by atoms with Crippen molar-refractivity contribution in [2.75, 3.05) is 13.2 Å². The van der Waals surface area contributed by atoms with Gasteiger partial charge in [0.25, 0.3) is 0 Å². The predicted octanol–water partition coefficient (Wildman–Crippen LogP) is 3.02. The van der Waals surface area contributed by atoms with Crippen LogP contribution in [0, 0.1) is 16.7 Å². The number of hydrogen-bond acceptors (Lipinski definition) is 1. The van der Waals surface area contributed by atoms with Crippen molar-refractivity contribution >= 4 is 0 Å². The molecule has 3 atom stereocenters. The summed E-state index contributed by atoms with van der Waals surface area (Å²) >= 11 is 0. The van der Waals surface area contributed by atoms with Crippen LogP contribution < -0.4 is 0 Å². The number of hydrogen-bond donors (Lipinski definition) is 0. The van der Waals surface area contributed by atoms with Gasteiger partial charge in [-0.3, -0.25) is 0 Å². The van der Waals surface area contributed by atoms with E-state index in [4.69, 9.17) is 4.74 Å². The highest BCUT2D eigenvalue weighted by Gasteiger charge is 2.59. The summed E-state index contributed by atoms with van der Waals surface area (Å²) < 4.78 is 5.54. The molecule has 1 heteroatoms. The Morgan fingerprint density at radius 3 is 2.85 bits per heavy atom. The summed E-state index contributed by atoms with van der Waals surface area (Å²) in [6.07, 6.45) is 5.99. The van der Waals surface area contributed by atoms with Gasteiger partial charge in [-0.25, -0.2) is 0 Å². The first kappa shape index (κ1) is 9.26. The second kappa shape index (κ2) is 2.84. The van der Waals surface area contributed by atoms with Gasteiger partial charge < -0.3 is 4.74 Å². The van der Waals surface area contributed by atoms with Crippen LogP contribution in [0.25, 0.3) is 0 Å². The van der Waals surface area contributed by atoms with E-state index in [9.17, 15) is 0 Å². The van der Waals surface area contributed by atoms with Crippen molar-refractivity contribution in [1.29, 1.82) is 0 Å². The monoisotopic (exact) mass is 180 g/mol. The Morgan fingerprint density at radius 2 is 2.38 bits per heavy atom. The first-order valence-electron chi connectivity index (χ1n) is 5.38. The fourth-order valence-corrected chi connectivity index (χ4v) is 3.72. The Kier molecular flexibility index (Phi) is 2.03. The third-order valence-corrected chi connectivity index (χ3v) is 4.28. The van der Waals surface area contributed by atoms with Gasteiger partial charge in [0.15, 0.2) is 0 Å². The average Bonchev–Trinajstić information content (AvgIpc) is 2.54. The minimum atomic E-state index is 0.391. The second-order valence-electron chi connectivity index (χ2n) is 5.01. The molecular formula is C12H20O. The van der Waals surface area contributed by atoms with Crippen LogP contribution in [0.15, 0.2) is 12.7 Å². The van der Waals surface area contributed by atoms with Crippen molar-refractivity contribution in [2.45, 2.75) is 33.1 Å². The van der Waals surface area contributed by atoms with Gasteiger partial charge in [-0.05, 0) is 24.2 Å². The second-order valence-corrected chi connectivity index (χ2v) is 5.01. The van der Waals surface area contributed by atoms with Crippen molar-refractivity contribution in [3.63, 3.8) is 0 Å². The van der Waals surface area contributed by atoms with Crippen molar-refractivity contribution < 1.29 is 4.74 Å². The van der Waals surface area contributed by atoms with E-state index in [0.29, 0.717) is 10.8 Å². The van der Waals surface area contributed by atoms with E-state index in [1.807, 2.05) is 0 Å². The molecule has 2 unspecified atom stereocenters. The zero-order chi connectivity index (χ0) is 9.53. The lowest BCUT2D eigenvalue weighted by Gasteiger charge is -2.59. The van der Waals surface area contributed by atoms with Crippen LogP contribution in [-0.4, -0.2) is 13.2 Å². The molecule has 2 rings (SSSR count). The molecule has 0 N–H and O–H groups in total. The van der Waals surface area contributed by atoms with E-state index < -0.39 is 0 Å². The van der Waals surface area contributed by atoms with Crippen molar-refractivity contribution in [3.8, 4) is 0 Å². The molecule has 0 aromatic rings. The minimum Gasteiger partial charge on any atom is -0.381 e. The molecule has 13 heavy (non-hydrogen) atoms. The van der Waals surface area contributed by atoms with Crippen LogP contribution >= 0.6 is 0 Å². The Bertz CT molecular complexity index is 215. The van der Waals surface area contributed by atoms with Gasteiger partial charge in [-0.1, -0.05) is 26.3 Å². The molecule has 0 aromatic heterocycles. The number of allylic oxidation sites excluding steroid dienone is 1. The lowest BCUT2D eigenvalue weighted by atomic mass is 9.45. The lowest BCUT2D eigenvalue weighted by molar-refractivity contribution is -0.0896. The molecule has 1 heterocycles. The van der Waals surface area contributed by atoms with Gasteiger partial charge in [0.05, 0.1) is 6.61 Å². The molecule has 2 aliphatic rings. The molecule has 0 bridgehead atoms. The van der Waals surface area contributed by atoms with Crippen LogP contribution in [-0.2, 0) is 4.74 Å². The molecular weight excluding hydrogens is 160 g/mol. The summed E-state index contributed by atoms with van der Waals surface area (Å²) in [5.74, 6) is 0.806. The van der Waals surface area contributed by atoms with E-state index in [2.05, 4.69) is 26.5 Å². The minimum absolute atomic E-state index is 0.391. The molecule has 1 aliphatic carbocycles. The summed E-state index contributed by atoms with van der Waals surface area (Å²) in [5.41, 5.74) is 0.917. The van der Waals surface area contributed by atoms with Crippen molar-refractivity contribution in [1.82, 2.24) is 0 Å². The summed E-state index contributed by atoms with van der Waals surface area (Å²) in [5, 5.41) is 0. The molecule has 0 aromatic carbocycles. The van der Waals surface area contributed by atoms with Crippen LogP contribution in [0.5, 0.6) is 0 Å². The zero-order valence-electron chi connectivity index (χ0n) is 8.81. The molecule has 1 spiro atoms. The van der Waals surface area contributed by atoms with Gasteiger partial charge >= 0.3 is 0 Å². The van der Waals surface area contributed by atoms with Crippen LogP contribution in [0.3, 0.4) is 0 Å². The van der Waals surface area contributed by atoms with Gasteiger partial charge in [-0.15, -0.1) is 6.58 Å². The molecule has 1 aliphatic heterocycles. The quantitative estimate of drug-likeness (QED) is 0.593. The van der Waals surface area contributed by atoms with Gasteiger partial charge in [0.1, 0.15) is 0 Å². The predicted molar refractivity (Wildman–Crippen MR) is 54.6 cm³/mol. The Balaban J connectivity index is 2.15. The molecule has 1 nitrogen and oxygen atoms in total. The third kappa shape index (κ3) is 1.10. The van der Waals surface area contributed by atoms with Gasteiger partial charge in [0.2, 0.25) is 0 Å². The van der Waals surface area contributed by atoms with Crippen molar-refractivity contribution in [3.05, 3.63) is 12.7 Å². The third-order valence-electron chi connectivity index (χ3n) is 4.28. The van der Waals surface area contributed by atoms with Crippen molar-refractivity contribution in [2.24, 2.45) is 16.7 Å². The summed E-state index contributed by atoms with van der Waals surface area (Å²) in [6.45, 7) is 10.6. The smallest absolute Gasteiger partial charge is 0.0526 e. The SMILES string of the molecule is C=CC1(C)CC2(CCOC2)[C@H]1CC. The fourth-order valence-electron chi connectivity index (χ4n) is 3.72. The summed E-state index contributed by atoms with van der Waals surface area (Å²) in [4.78, 5) is 0.